The highest BCUT2D eigenvalue weighted by Crippen LogP contribution is 2.45. The number of carbonyl (C=O) groups is 1. The van der Waals surface area contributed by atoms with Crippen LogP contribution in [-0.2, 0) is 6.42 Å². The predicted octanol–water partition coefficient (Wildman–Crippen LogP) is 5.71. The van der Waals surface area contributed by atoms with Crippen molar-refractivity contribution in [1.29, 1.82) is 0 Å². The SMILES string of the molecule is C[C@@H]1C[C@H](n2c(Cc3ccccc3)nc3cc(C(=O)O)ccc32)CC(C)(C)C1. The third-order valence-electron chi connectivity index (χ3n) is 5.94. The minimum absolute atomic E-state index is 0.292. The Hall–Kier alpha value is -2.62. The van der Waals surface area contributed by atoms with Crippen LogP contribution in [0.5, 0.6) is 0 Å². The first-order chi connectivity index (χ1) is 13.3. The number of imidazole rings is 1. The lowest BCUT2D eigenvalue weighted by Crippen LogP contribution is -2.30. The van der Waals surface area contributed by atoms with Gasteiger partial charge in [0.05, 0.1) is 16.6 Å². The number of benzene rings is 2. The first kappa shape index (κ1) is 18.7. The van der Waals surface area contributed by atoms with Gasteiger partial charge in [-0.3, -0.25) is 0 Å². The van der Waals surface area contributed by atoms with E-state index < -0.39 is 5.97 Å². The summed E-state index contributed by atoms with van der Waals surface area (Å²) in [5, 5.41) is 9.37. The van der Waals surface area contributed by atoms with Crippen molar-refractivity contribution in [3.05, 3.63) is 65.5 Å². The monoisotopic (exact) mass is 376 g/mol. The summed E-state index contributed by atoms with van der Waals surface area (Å²) in [6.45, 7) is 7.05. The minimum Gasteiger partial charge on any atom is -0.478 e. The topological polar surface area (TPSA) is 55.1 Å². The smallest absolute Gasteiger partial charge is 0.335 e. The van der Waals surface area contributed by atoms with Gasteiger partial charge < -0.3 is 9.67 Å². The molecule has 2 aromatic carbocycles. The van der Waals surface area contributed by atoms with Crippen molar-refractivity contribution >= 4 is 17.0 Å². The maximum Gasteiger partial charge on any atom is 0.335 e. The number of aromatic nitrogens is 2. The van der Waals surface area contributed by atoms with Crippen molar-refractivity contribution in [2.75, 3.05) is 0 Å². The van der Waals surface area contributed by atoms with Crippen molar-refractivity contribution in [3.8, 4) is 0 Å². The molecule has 2 atom stereocenters. The summed E-state index contributed by atoms with van der Waals surface area (Å²) < 4.78 is 2.39. The molecule has 146 valence electrons. The maximum atomic E-state index is 11.4. The fourth-order valence-electron chi connectivity index (χ4n) is 5.08. The van der Waals surface area contributed by atoms with Crippen molar-refractivity contribution < 1.29 is 9.90 Å². The van der Waals surface area contributed by atoms with E-state index in [4.69, 9.17) is 4.98 Å². The Balaban J connectivity index is 1.83. The van der Waals surface area contributed by atoms with E-state index in [9.17, 15) is 9.90 Å². The molecule has 0 saturated heterocycles. The predicted molar refractivity (Wildman–Crippen MR) is 112 cm³/mol. The van der Waals surface area contributed by atoms with Gasteiger partial charge in [0.15, 0.2) is 0 Å². The number of rotatable bonds is 4. The molecule has 0 unspecified atom stereocenters. The van der Waals surface area contributed by atoms with Gasteiger partial charge in [0.2, 0.25) is 0 Å². The lowest BCUT2D eigenvalue weighted by Gasteiger charge is -2.40. The number of carboxylic acid groups (broad SMARTS) is 1. The summed E-state index contributed by atoms with van der Waals surface area (Å²) in [5.41, 5.74) is 3.64. The third-order valence-corrected chi connectivity index (χ3v) is 5.94. The van der Waals surface area contributed by atoms with Gasteiger partial charge in [-0.15, -0.1) is 0 Å². The van der Waals surface area contributed by atoms with Crippen LogP contribution in [0.15, 0.2) is 48.5 Å². The zero-order valence-electron chi connectivity index (χ0n) is 16.9. The van der Waals surface area contributed by atoms with Crippen LogP contribution in [0.4, 0.5) is 0 Å². The average Bonchev–Trinajstić information content (AvgIpc) is 2.97. The molecule has 0 radical (unpaired) electrons. The molecule has 1 saturated carbocycles. The normalized spacial score (nSPS) is 21.7. The molecular weight excluding hydrogens is 348 g/mol. The van der Waals surface area contributed by atoms with Crippen LogP contribution in [-0.4, -0.2) is 20.6 Å². The van der Waals surface area contributed by atoms with Gasteiger partial charge in [-0.1, -0.05) is 51.1 Å². The van der Waals surface area contributed by atoms with Crippen LogP contribution < -0.4 is 0 Å². The molecule has 1 aromatic heterocycles. The van der Waals surface area contributed by atoms with Crippen molar-refractivity contribution in [2.45, 2.75) is 52.5 Å². The maximum absolute atomic E-state index is 11.4. The molecule has 0 amide bonds. The Morgan fingerprint density at radius 1 is 1.18 bits per heavy atom. The zero-order chi connectivity index (χ0) is 19.9. The number of fused-ring (bicyclic) bond motifs is 1. The molecular formula is C24H28N2O2. The third kappa shape index (κ3) is 3.68. The Morgan fingerprint density at radius 3 is 2.61 bits per heavy atom. The van der Waals surface area contributed by atoms with Gasteiger partial charge in [-0.05, 0) is 54.4 Å². The average molecular weight is 377 g/mol. The van der Waals surface area contributed by atoms with Crippen molar-refractivity contribution in [1.82, 2.24) is 9.55 Å². The molecule has 1 N–H and O–H groups in total. The van der Waals surface area contributed by atoms with Crippen LogP contribution in [0.3, 0.4) is 0 Å². The molecule has 3 aromatic rings. The second kappa shape index (κ2) is 7.08. The van der Waals surface area contributed by atoms with Gasteiger partial charge in [0.25, 0.3) is 0 Å². The first-order valence-corrected chi connectivity index (χ1v) is 10.1. The standard InChI is InChI=1S/C24H28N2O2/c1-16-11-19(15-24(2,3)14-16)26-21-10-9-18(23(27)28)13-20(21)25-22(26)12-17-7-5-4-6-8-17/h4-10,13,16,19H,11-12,14-15H2,1-3H3,(H,27,28)/t16-,19+/m1/s1. The molecule has 1 heterocycles. The summed E-state index contributed by atoms with van der Waals surface area (Å²) >= 11 is 0. The van der Waals surface area contributed by atoms with E-state index in [0.29, 0.717) is 22.9 Å². The Labute approximate surface area is 166 Å². The molecule has 1 fully saturated rings. The first-order valence-electron chi connectivity index (χ1n) is 10.1. The lowest BCUT2D eigenvalue weighted by atomic mass is 9.70. The van der Waals surface area contributed by atoms with Gasteiger partial charge in [0.1, 0.15) is 5.82 Å². The number of nitrogens with zero attached hydrogens (tertiary/aromatic N) is 2. The van der Waals surface area contributed by atoms with E-state index in [-0.39, 0.29) is 0 Å². The number of aromatic carboxylic acids is 1. The molecule has 4 rings (SSSR count). The van der Waals surface area contributed by atoms with E-state index in [1.807, 2.05) is 12.1 Å². The molecule has 4 nitrogen and oxygen atoms in total. The minimum atomic E-state index is -0.909. The Kier molecular flexibility index (Phi) is 4.74. The lowest BCUT2D eigenvalue weighted by molar-refractivity contribution is 0.0697. The Morgan fingerprint density at radius 2 is 1.93 bits per heavy atom. The summed E-state index contributed by atoms with van der Waals surface area (Å²) in [6.07, 6.45) is 4.25. The van der Waals surface area contributed by atoms with E-state index in [0.717, 1.165) is 36.1 Å². The molecule has 0 bridgehead atoms. The second-order valence-corrected chi connectivity index (χ2v) is 9.14. The molecule has 0 spiro atoms. The number of hydrogen-bond donors (Lipinski definition) is 1. The molecule has 4 heteroatoms. The van der Waals surface area contributed by atoms with E-state index >= 15 is 0 Å². The molecule has 28 heavy (non-hydrogen) atoms. The van der Waals surface area contributed by atoms with E-state index in [1.54, 1.807) is 12.1 Å². The van der Waals surface area contributed by atoms with Gasteiger partial charge in [0, 0.05) is 12.5 Å². The van der Waals surface area contributed by atoms with Crippen molar-refractivity contribution in [3.63, 3.8) is 0 Å². The summed E-state index contributed by atoms with van der Waals surface area (Å²) in [6, 6.07) is 16.1. The van der Waals surface area contributed by atoms with Gasteiger partial charge >= 0.3 is 5.97 Å². The molecule has 1 aliphatic rings. The quantitative estimate of drug-likeness (QED) is 0.634. The highest BCUT2D eigenvalue weighted by Gasteiger charge is 2.34. The Bertz CT molecular complexity index is 1000. The summed E-state index contributed by atoms with van der Waals surface area (Å²) in [5.74, 6) is 0.779. The largest absolute Gasteiger partial charge is 0.478 e. The summed E-state index contributed by atoms with van der Waals surface area (Å²) in [7, 11) is 0. The van der Waals surface area contributed by atoms with Crippen LogP contribution in [0.2, 0.25) is 0 Å². The summed E-state index contributed by atoms with van der Waals surface area (Å²) in [4.78, 5) is 16.3. The van der Waals surface area contributed by atoms with Crippen LogP contribution >= 0.6 is 0 Å². The highest BCUT2D eigenvalue weighted by atomic mass is 16.4. The fourth-order valence-corrected chi connectivity index (χ4v) is 5.08. The second-order valence-electron chi connectivity index (χ2n) is 9.14. The van der Waals surface area contributed by atoms with E-state index in [2.05, 4.69) is 49.6 Å². The number of carboxylic acids is 1. The number of hydrogen-bond acceptors (Lipinski definition) is 2. The van der Waals surface area contributed by atoms with E-state index in [1.165, 1.54) is 12.0 Å². The van der Waals surface area contributed by atoms with Crippen molar-refractivity contribution in [2.24, 2.45) is 11.3 Å². The van der Waals surface area contributed by atoms with Crippen LogP contribution in [0.1, 0.15) is 67.8 Å². The fraction of sp³-hybridized carbons (Fsp3) is 0.417. The zero-order valence-corrected chi connectivity index (χ0v) is 16.9. The van der Waals surface area contributed by atoms with Crippen LogP contribution in [0, 0.1) is 11.3 Å². The van der Waals surface area contributed by atoms with Crippen LogP contribution in [0.25, 0.3) is 11.0 Å². The van der Waals surface area contributed by atoms with Gasteiger partial charge in [-0.2, -0.15) is 0 Å². The highest BCUT2D eigenvalue weighted by molar-refractivity contribution is 5.92. The van der Waals surface area contributed by atoms with Gasteiger partial charge in [-0.25, -0.2) is 9.78 Å². The molecule has 0 aliphatic heterocycles. The molecule has 1 aliphatic carbocycles.